The second kappa shape index (κ2) is 3.49. The van der Waals surface area contributed by atoms with E-state index in [-0.39, 0.29) is 4.47 Å². The van der Waals surface area contributed by atoms with Crippen molar-refractivity contribution in [3.05, 3.63) is 44.0 Å². The van der Waals surface area contributed by atoms with Gasteiger partial charge in [-0.25, -0.2) is 9.24 Å². The molecule has 66 valence electrons. The molecule has 0 aromatic heterocycles. The molecule has 0 unspecified atom stereocenters. The lowest BCUT2D eigenvalue weighted by atomic mass is 10.2. The molecule has 0 saturated carbocycles. The summed E-state index contributed by atoms with van der Waals surface area (Å²) in [6.45, 7) is 6.55. The van der Waals surface area contributed by atoms with Gasteiger partial charge in [0, 0.05) is 10.5 Å². The lowest BCUT2D eigenvalue weighted by Crippen LogP contribution is -1.90. The van der Waals surface area contributed by atoms with E-state index in [1.165, 1.54) is 0 Å². The minimum Gasteiger partial charge on any atom is -0.260 e. The van der Waals surface area contributed by atoms with Gasteiger partial charge in [0.2, 0.25) is 0 Å². The number of nitro groups is 1. The van der Waals surface area contributed by atoms with E-state index in [4.69, 9.17) is 6.57 Å². The van der Waals surface area contributed by atoms with Crippen LogP contribution < -0.4 is 0 Å². The summed E-state index contributed by atoms with van der Waals surface area (Å²) in [4.78, 5) is 12.3. The van der Waals surface area contributed by atoms with Gasteiger partial charge in [0.05, 0.1) is 11.5 Å². The first-order valence-electron chi connectivity index (χ1n) is 3.07. The first-order chi connectivity index (χ1) is 6.06. The van der Waals surface area contributed by atoms with Gasteiger partial charge in [0.25, 0.3) is 11.4 Å². The van der Waals surface area contributed by atoms with Crippen LogP contribution in [-0.2, 0) is 0 Å². The monoisotopic (exact) mass is 244 g/mol. The zero-order chi connectivity index (χ0) is 10.0. The summed E-state index contributed by atoms with van der Waals surface area (Å²) in [6.07, 6.45) is 0. The van der Waals surface area contributed by atoms with Crippen molar-refractivity contribution in [2.45, 2.75) is 0 Å². The Morgan fingerprint density at radius 3 is 2.69 bits per heavy atom. The molecule has 0 N–H and O–H groups in total. The van der Waals surface area contributed by atoms with Crippen LogP contribution in [0.4, 0.5) is 15.8 Å². The molecule has 0 radical (unpaired) electrons. The lowest BCUT2D eigenvalue weighted by molar-refractivity contribution is -0.384. The molecule has 4 nitrogen and oxygen atoms in total. The molecule has 0 atom stereocenters. The molecule has 1 rings (SSSR count). The highest BCUT2D eigenvalue weighted by atomic mass is 79.9. The Hall–Kier alpha value is -1.48. The van der Waals surface area contributed by atoms with Gasteiger partial charge in [-0.05, 0) is 6.07 Å². The molecule has 0 fully saturated rings. The Labute approximate surface area is 81.1 Å². The standard InChI is InChI=1S/C7H2BrFN2O2/c1-10-7-5(9)2-4(8)3-6(7)11(12)13/h2-3H. The zero-order valence-corrected chi connectivity index (χ0v) is 7.71. The van der Waals surface area contributed by atoms with Crippen LogP contribution in [0.1, 0.15) is 0 Å². The number of benzene rings is 1. The van der Waals surface area contributed by atoms with Gasteiger partial charge < -0.3 is 0 Å². The average molecular weight is 245 g/mol. The third kappa shape index (κ3) is 1.81. The molecule has 6 heteroatoms. The molecule has 0 aliphatic carbocycles. The smallest absolute Gasteiger partial charge is 0.260 e. The number of rotatable bonds is 1. The third-order valence-corrected chi connectivity index (χ3v) is 1.77. The number of halogens is 2. The highest BCUT2D eigenvalue weighted by molar-refractivity contribution is 9.10. The van der Waals surface area contributed by atoms with Crippen molar-refractivity contribution < 1.29 is 9.31 Å². The second-order valence-electron chi connectivity index (χ2n) is 2.12. The van der Waals surface area contributed by atoms with Crippen molar-refractivity contribution in [1.29, 1.82) is 0 Å². The highest BCUT2D eigenvalue weighted by Gasteiger charge is 2.19. The maximum Gasteiger partial charge on any atom is 0.297 e. The molecule has 0 aliphatic heterocycles. The normalized spacial score (nSPS) is 9.31. The van der Waals surface area contributed by atoms with Gasteiger partial charge in [-0.2, -0.15) is 0 Å². The Bertz CT molecular complexity index is 414. The van der Waals surface area contributed by atoms with E-state index in [0.717, 1.165) is 12.1 Å². The molecular formula is C7H2BrFN2O2. The number of hydrogen-bond donors (Lipinski definition) is 0. The van der Waals surface area contributed by atoms with E-state index < -0.39 is 22.1 Å². The summed E-state index contributed by atoms with van der Waals surface area (Å²) >= 11 is 2.90. The van der Waals surface area contributed by atoms with Crippen LogP contribution in [0.15, 0.2) is 16.6 Å². The molecule has 0 aliphatic rings. The van der Waals surface area contributed by atoms with Gasteiger partial charge in [0.1, 0.15) is 5.82 Å². The van der Waals surface area contributed by atoms with E-state index in [2.05, 4.69) is 20.8 Å². The Morgan fingerprint density at radius 2 is 2.23 bits per heavy atom. The van der Waals surface area contributed by atoms with E-state index in [9.17, 15) is 14.5 Å². The number of nitro benzene ring substituents is 1. The number of hydrogen-bond acceptors (Lipinski definition) is 2. The fraction of sp³-hybridized carbons (Fsp3) is 0. The van der Waals surface area contributed by atoms with E-state index >= 15 is 0 Å². The topological polar surface area (TPSA) is 47.5 Å². The van der Waals surface area contributed by atoms with Crippen molar-refractivity contribution >= 4 is 27.3 Å². The molecule has 0 bridgehead atoms. The van der Waals surface area contributed by atoms with Crippen LogP contribution in [0.25, 0.3) is 4.85 Å². The molecule has 0 amide bonds. The summed E-state index contributed by atoms with van der Waals surface area (Å²) < 4.78 is 13.2. The minimum absolute atomic E-state index is 0.240. The maximum absolute atomic E-state index is 12.9. The third-order valence-electron chi connectivity index (χ3n) is 1.32. The minimum atomic E-state index is -0.893. The quantitative estimate of drug-likeness (QED) is 0.433. The van der Waals surface area contributed by atoms with Crippen molar-refractivity contribution in [1.82, 2.24) is 0 Å². The van der Waals surface area contributed by atoms with Gasteiger partial charge in [-0.1, -0.05) is 15.9 Å². The largest absolute Gasteiger partial charge is 0.297 e. The van der Waals surface area contributed by atoms with Gasteiger partial charge in [-0.3, -0.25) is 10.1 Å². The SMILES string of the molecule is [C-]#[N+]c1c(F)cc(Br)cc1[N+](=O)[O-]. The van der Waals surface area contributed by atoms with Crippen LogP contribution >= 0.6 is 15.9 Å². The molecule has 1 aromatic carbocycles. The molecule has 0 spiro atoms. The van der Waals surface area contributed by atoms with Crippen molar-refractivity contribution in [2.75, 3.05) is 0 Å². The Kier molecular flexibility index (Phi) is 2.58. The van der Waals surface area contributed by atoms with Crippen molar-refractivity contribution in [3.63, 3.8) is 0 Å². The van der Waals surface area contributed by atoms with Crippen molar-refractivity contribution in [2.24, 2.45) is 0 Å². The molecule has 0 saturated heterocycles. The van der Waals surface area contributed by atoms with Crippen molar-refractivity contribution in [3.8, 4) is 0 Å². The Morgan fingerprint density at radius 1 is 1.62 bits per heavy atom. The van der Waals surface area contributed by atoms with Crippen LogP contribution in [0, 0.1) is 22.5 Å². The average Bonchev–Trinajstić information content (AvgIpc) is 2.02. The molecule has 1 aromatic rings. The fourth-order valence-corrected chi connectivity index (χ4v) is 1.22. The summed E-state index contributed by atoms with van der Waals surface area (Å²) in [5.41, 5.74) is -1.09. The summed E-state index contributed by atoms with van der Waals surface area (Å²) in [5, 5.41) is 10.4. The highest BCUT2D eigenvalue weighted by Crippen LogP contribution is 2.33. The predicted molar refractivity (Wildman–Crippen MR) is 47.0 cm³/mol. The fourth-order valence-electron chi connectivity index (χ4n) is 0.802. The molecule has 0 heterocycles. The van der Waals surface area contributed by atoms with Crippen LogP contribution in [0.5, 0.6) is 0 Å². The molecule has 13 heavy (non-hydrogen) atoms. The first kappa shape index (κ1) is 9.61. The predicted octanol–water partition coefficient (Wildman–Crippen LogP) is 3.05. The van der Waals surface area contributed by atoms with Crippen LogP contribution in [0.3, 0.4) is 0 Å². The van der Waals surface area contributed by atoms with Gasteiger partial charge >= 0.3 is 0 Å². The van der Waals surface area contributed by atoms with Crippen LogP contribution in [-0.4, -0.2) is 4.92 Å². The molecular weight excluding hydrogens is 243 g/mol. The summed E-state index contributed by atoms with van der Waals surface area (Å²) in [7, 11) is 0. The van der Waals surface area contributed by atoms with E-state index in [0.29, 0.717) is 0 Å². The van der Waals surface area contributed by atoms with Gasteiger partial charge in [-0.15, -0.1) is 0 Å². The van der Waals surface area contributed by atoms with Crippen LogP contribution in [0.2, 0.25) is 0 Å². The lowest BCUT2D eigenvalue weighted by Gasteiger charge is -1.97. The van der Waals surface area contributed by atoms with Gasteiger partial charge in [0.15, 0.2) is 0 Å². The summed E-state index contributed by atoms with van der Waals surface area (Å²) in [6, 6.07) is 2.11. The summed E-state index contributed by atoms with van der Waals surface area (Å²) in [5.74, 6) is -0.893. The first-order valence-corrected chi connectivity index (χ1v) is 3.86. The van der Waals surface area contributed by atoms with E-state index in [1.54, 1.807) is 0 Å². The second-order valence-corrected chi connectivity index (χ2v) is 3.04. The number of nitrogens with zero attached hydrogens (tertiary/aromatic N) is 2. The van der Waals surface area contributed by atoms with E-state index in [1.807, 2.05) is 0 Å². The maximum atomic E-state index is 12.9. The zero-order valence-electron chi connectivity index (χ0n) is 6.12. The Balaban J connectivity index is 3.50.